The van der Waals surface area contributed by atoms with Crippen molar-refractivity contribution in [1.82, 2.24) is 9.80 Å². The van der Waals surface area contributed by atoms with Gasteiger partial charge in [0, 0.05) is 42.7 Å². The van der Waals surface area contributed by atoms with E-state index in [1.165, 1.54) is 30.0 Å². The summed E-state index contributed by atoms with van der Waals surface area (Å²) in [5, 5.41) is 2.51. The summed E-state index contributed by atoms with van der Waals surface area (Å²) < 4.78 is 27.8. The molecule has 1 saturated heterocycles. The number of para-hydroxylation sites is 1. The van der Waals surface area contributed by atoms with Gasteiger partial charge in [-0.2, -0.15) is 0 Å². The van der Waals surface area contributed by atoms with Crippen LogP contribution in [0.25, 0.3) is 0 Å². The van der Waals surface area contributed by atoms with Crippen LogP contribution >= 0.6 is 11.8 Å². The largest absolute Gasteiger partial charge is 0.339 e. The van der Waals surface area contributed by atoms with Gasteiger partial charge < -0.3 is 10.2 Å². The Balaban J connectivity index is 1.43. The van der Waals surface area contributed by atoms with Gasteiger partial charge in [0.1, 0.15) is 11.6 Å². The van der Waals surface area contributed by atoms with Gasteiger partial charge in [-0.1, -0.05) is 31.2 Å². The summed E-state index contributed by atoms with van der Waals surface area (Å²) in [5.41, 5.74) is 1.94. The normalized spacial score (nSPS) is 15.4. The Kier molecular flexibility index (Phi) is 8.64. The van der Waals surface area contributed by atoms with Gasteiger partial charge in [0.05, 0.1) is 12.3 Å². The molecule has 1 aliphatic heterocycles. The second-order valence-electron chi connectivity index (χ2n) is 7.80. The molecule has 2 amide bonds. The SMILES string of the molecule is CCc1ccccc1NC(=O)CN1CCN(C(=O)CSC(C)c2c(F)cccc2F)CC1. The second kappa shape index (κ2) is 11.4. The third-order valence-corrected chi connectivity index (χ3v) is 6.78. The molecule has 0 aromatic heterocycles. The highest BCUT2D eigenvalue weighted by atomic mass is 32.2. The average Bonchev–Trinajstić information content (AvgIpc) is 2.78. The third kappa shape index (κ3) is 6.29. The molecule has 0 spiro atoms. The number of piperazine rings is 1. The number of rotatable bonds is 8. The zero-order valence-corrected chi connectivity index (χ0v) is 19.3. The van der Waals surface area contributed by atoms with E-state index in [-0.39, 0.29) is 29.7 Å². The van der Waals surface area contributed by atoms with E-state index >= 15 is 0 Å². The Bertz CT molecular complexity index is 928. The number of aryl methyl sites for hydroxylation is 1. The molecule has 1 atom stereocenters. The monoisotopic (exact) mass is 461 g/mol. The van der Waals surface area contributed by atoms with Gasteiger partial charge in [0.25, 0.3) is 0 Å². The zero-order chi connectivity index (χ0) is 23.1. The smallest absolute Gasteiger partial charge is 0.238 e. The molecule has 172 valence electrons. The van der Waals surface area contributed by atoms with E-state index in [0.717, 1.165) is 17.7 Å². The van der Waals surface area contributed by atoms with Crippen molar-refractivity contribution in [1.29, 1.82) is 0 Å². The van der Waals surface area contributed by atoms with Crippen molar-refractivity contribution in [3.8, 4) is 0 Å². The predicted octanol–water partition coefficient (Wildman–Crippen LogP) is 4.10. The van der Waals surface area contributed by atoms with Gasteiger partial charge in [0.15, 0.2) is 0 Å². The first-order valence-electron chi connectivity index (χ1n) is 10.8. The molecule has 0 aliphatic carbocycles. The lowest BCUT2D eigenvalue weighted by Gasteiger charge is -2.34. The van der Waals surface area contributed by atoms with Crippen LogP contribution < -0.4 is 5.32 Å². The number of halogens is 2. The van der Waals surface area contributed by atoms with Crippen molar-refractivity contribution < 1.29 is 18.4 Å². The predicted molar refractivity (Wildman–Crippen MR) is 125 cm³/mol. The summed E-state index contributed by atoms with van der Waals surface area (Å²) in [4.78, 5) is 28.8. The number of anilines is 1. The topological polar surface area (TPSA) is 52.7 Å². The lowest BCUT2D eigenvalue weighted by Crippen LogP contribution is -2.51. The van der Waals surface area contributed by atoms with Crippen molar-refractivity contribution in [2.45, 2.75) is 25.5 Å². The number of thioether (sulfide) groups is 1. The van der Waals surface area contributed by atoms with E-state index in [4.69, 9.17) is 0 Å². The molecule has 1 unspecified atom stereocenters. The molecule has 2 aromatic rings. The lowest BCUT2D eigenvalue weighted by atomic mass is 10.1. The first-order chi connectivity index (χ1) is 15.4. The van der Waals surface area contributed by atoms with E-state index in [1.807, 2.05) is 36.1 Å². The van der Waals surface area contributed by atoms with Crippen molar-refractivity contribution in [3.63, 3.8) is 0 Å². The summed E-state index contributed by atoms with van der Waals surface area (Å²) >= 11 is 1.23. The number of carbonyl (C=O) groups excluding carboxylic acids is 2. The van der Waals surface area contributed by atoms with Crippen LogP contribution in [0, 0.1) is 11.6 Å². The van der Waals surface area contributed by atoms with Crippen LogP contribution in [0.4, 0.5) is 14.5 Å². The van der Waals surface area contributed by atoms with Crippen molar-refractivity contribution in [2.24, 2.45) is 0 Å². The molecule has 0 radical (unpaired) electrons. The van der Waals surface area contributed by atoms with Crippen molar-refractivity contribution in [3.05, 3.63) is 65.2 Å². The van der Waals surface area contributed by atoms with Crippen LogP contribution in [-0.2, 0) is 16.0 Å². The van der Waals surface area contributed by atoms with Gasteiger partial charge in [0.2, 0.25) is 11.8 Å². The zero-order valence-electron chi connectivity index (χ0n) is 18.4. The molecule has 5 nitrogen and oxygen atoms in total. The minimum atomic E-state index is -0.592. The summed E-state index contributed by atoms with van der Waals surface area (Å²) in [6, 6.07) is 11.5. The maximum atomic E-state index is 13.9. The molecule has 1 fully saturated rings. The van der Waals surface area contributed by atoms with E-state index in [1.54, 1.807) is 11.8 Å². The van der Waals surface area contributed by atoms with Crippen LogP contribution in [0.15, 0.2) is 42.5 Å². The fourth-order valence-corrected chi connectivity index (χ4v) is 4.74. The van der Waals surface area contributed by atoms with Gasteiger partial charge in [-0.25, -0.2) is 8.78 Å². The Hall–Kier alpha value is -2.45. The maximum Gasteiger partial charge on any atom is 0.238 e. The Labute approximate surface area is 192 Å². The molecular formula is C24H29F2N3O2S. The Morgan fingerprint density at radius 2 is 1.69 bits per heavy atom. The van der Waals surface area contributed by atoms with E-state index in [9.17, 15) is 18.4 Å². The molecule has 32 heavy (non-hydrogen) atoms. The summed E-state index contributed by atoms with van der Waals surface area (Å²) in [7, 11) is 0. The van der Waals surface area contributed by atoms with Crippen molar-refractivity contribution >= 4 is 29.3 Å². The molecule has 0 saturated carbocycles. The number of hydrogen-bond donors (Lipinski definition) is 1. The van der Waals surface area contributed by atoms with E-state index in [2.05, 4.69) is 5.32 Å². The molecule has 0 bridgehead atoms. The van der Waals surface area contributed by atoms with Gasteiger partial charge >= 0.3 is 0 Å². The molecule has 1 aliphatic rings. The number of nitrogens with one attached hydrogen (secondary N) is 1. The van der Waals surface area contributed by atoms with Gasteiger partial charge in [-0.3, -0.25) is 14.5 Å². The standard InChI is InChI=1S/C24H29F2N3O2S/c1-3-18-7-4-5-10-21(18)27-22(30)15-28-11-13-29(14-12-28)23(31)16-32-17(2)24-19(25)8-6-9-20(24)26/h4-10,17H,3,11-16H2,1-2H3,(H,27,30). The number of carbonyl (C=O) groups is 2. The summed E-state index contributed by atoms with van der Waals surface area (Å²) in [5.74, 6) is -1.15. The molecule has 2 aromatic carbocycles. The van der Waals surface area contributed by atoms with Crippen LogP contribution in [-0.4, -0.2) is 60.1 Å². The van der Waals surface area contributed by atoms with Crippen molar-refractivity contribution in [2.75, 3.05) is 43.8 Å². The van der Waals surface area contributed by atoms with Crippen LogP contribution in [0.3, 0.4) is 0 Å². The fraction of sp³-hybridized carbons (Fsp3) is 0.417. The molecule has 1 N–H and O–H groups in total. The summed E-state index contributed by atoms with van der Waals surface area (Å²) in [6.07, 6.45) is 0.845. The molecular weight excluding hydrogens is 432 g/mol. The maximum absolute atomic E-state index is 13.9. The number of nitrogens with zero attached hydrogens (tertiary/aromatic N) is 2. The minimum absolute atomic E-state index is 0.00535. The Morgan fingerprint density at radius 1 is 1.03 bits per heavy atom. The highest BCUT2D eigenvalue weighted by molar-refractivity contribution is 8.00. The van der Waals surface area contributed by atoms with E-state index in [0.29, 0.717) is 26.2 Å². The van der Waals surface area contributed by atoms with Gasteiger partial charge in [-0.05, 0) is 37.1 Å². The van der Waals surface area contributed by atoms with E-state index < -0.39 is 16.9 Å². The quantitative estimate of drug-likeness (QED) is 0.643. The van der Waals surface area contributed by atoms with Crippen LogP contribution in [0.5, 0.6) is 0 Å². The first-order valence-corrected chi connectivity index (χ1v) is 11.9. The third-order valence-electron chi connectivity index (χ3n) is 5.63. The van der Waals surface area contributed by atoms with Crippen LogP contribution in [0.2, 0.25) is 0 Å². The number of benzene rings is 2. The lowest BCUT2D eigenvalue weighted by molar-refractivity contribution is -0.130. The Morgan fingerprint density at radius 3 is 2.34 bits per heavy atom. The average molecular weight is 462 g/mol. The highest BCUT2D eigenvalue weighted by Crippen LogP contribution is 2.32. The number of hydrogen-bond acceptors (Lipinski definition) is 4. The summed E-state index contributed by atoms with van der Waals surface area (Å²) in [6.45, 7) is 6.30. The molecule has 1 heterocycles. The number of amides is 2. The highest BCUT2D eigenvalue weighted by Gasteiger charge is 2.24. The van der Waals surface area contributed by atoms with Gasteiger partial charge in [-0.15, -0.1) is 11.8 Å². The van der Waals surface area contributed by atoms with Crippen LogP contribution in [0.1, 0.15) is 30.2 Å². The molecule has 3 rings (SSSR count). The fourth-order valence-electron chi connectivity index (χ4n) is 3.77. The molecule has 8 heteroatoms. The second-order valence-corrected chi connectivity index (χ2v) is 9.13. The minimum Gasteiger partial charge on any atom is -0.339 e. The first kappa shape index (κ1) is 24.2.